The zero-order chi connectivity index (χ0) is 25.0. The van der Waals surface area contributed by atoms with Gasteiger partial charge in [-0.25, -0.2) is 4.79 Å². The van der Waals surface area contributed by atoms with Gasteiger partial charge in [-0.15, -0.1) is 0 Å². The Labute approximate surface area is 204 Å². The summed E-state index contributed by atoms with van der Waals surface area (Å²) in [5.41, 5.74) is 4.22. The first kappa shape index (κ1) is 24.0. The van der Waals surface area contributed by atoms with Gasteiger partial charge in [0.2, 0.25) is 0 Å². The normalized spacial score (nSPS) is 13.8. The molecule has 35 heavy (non-hydrogen) atoms. The summed E-state index contributed by atoms with van der Waals surface area (Å²) in [4.78, 5) is 36.6. The van der Waals surface area contributed by atoms with E-state index in [-0.39, 0.29) is 19.1 Å². The van der Waals surface area contributed by atoms with Crippen molar-refractivity contribution in [1.29, 1.82) is 0 Å². The molecule has 3 aromatic carbocycles. The van der Waals surface area contributed by atoms with Gasteiger partial charge in [-0.1, -0.05) is 61.5 Å². The van der Waals surface area contributed by atoms with Crippen molar-refractivity contribution in [3.05, 3.63) is 89.5 Å². The minimum atomic E-state index is -1.05. The number of aliphatic carboxylic acids is 1. The second-order valence-electron chi connectivity index (χ2n) is 8.93. The molecule has 1 unspecified atom stereocenters. The van der Waals surface area contributed by atoms with Crippen molar-refractivity contribution in [2.24, 2.45) is 5.41 Å². The Morgan fingerprint density at radius 2 is 1.57 bits per heavy atom. The number of hydrogen-bond acceptors (Lipinski definition) is 4. The Hall–Kier alpha value is -4.13. The van der Waals surface area contributed by atoms with Gasteiger partial charge < -0.3 is 15.2 Å². The predicted molar refractivity (Wildman–Crippen MR) is 134 cm³/mol. The number of ether oxygens (including phenoxy) is 1. The van der Waals surface area contributed by atoms with Gasteiger partial charge in [0.05, 0.1) is 5.41 Å². The average molecular weight is 473 g/mol. The van der Waals surface area contributed by atoms with Crippen LogP contribution >= 0.6 is 0 Å². The quantitative estimate of drug-likeness (QED) is 0.414. The number of carbonyl (C=O) groups is 3. The molecule has 0 aromatic heterocycles. The van der Waals surface area contributed by atoms with Crippen molar-refractivity contribution >= 4 is 23.7 Å². The maximum atomic E-state index is 12.6. The van der Waals surface area contributed by atoms with E-state index >= 15 is 0 Å². The number of amides is 2. The van der Waals surface area contributed by atoms with Gasteiger partial charge >= 0.3 is 12.1 Å². The van der Waals surface area contributed by atoms with Crippen LogP contribution in [0.1, 0.15) is 47.7 Å². The number of carboxylic acids is 1. The molecule has 0 spiro atoms. The summed E-state index contributed by atoms with van der Waals surface area (Å²) in [6.45, 7) is 3.54. The summed E-state index contributed by atoms with van der Waals surface area (Å²) in [5.74, 6) is -1.43. The fourth-order valence-corrected chi connectivity index (χ4v) is 4.22. The SMILES string of the molecule is CCC(C)(CNC(=O)c1cccc(NC(=O)OCC2c3ccccc3-c3ccccc32)c1)C(=O)O. The van der Waals surface area contributed by atoms with Gasteiger partial charge in [0, 0.05) is 23.7 Å². The van der Waals surface area contributed by atoms with Crippen LogP contribution < -0.4 is 10.6 Å². The summed E-state index contributed by atoms with van der Waals surface area (Å²) in [7, 11) is 0. The molecular formula is C28H28N2O5. The molecule has 0 saturated heterocycles. The maximum Gasteiger partial charge on any atom is 0.411 e. The van der Waals surface area contributed by atoms with Crippen LogP contribution in [-0.4, -0.2) is 36.2 Å². The molecule has 0 aliphatic heterocycles. The van der Waals surface area contributed by atoms with Crippen LogP contribution in [0.4, 0.5) is 10.5 Å². The largest absolute Gasteiger partial charge is 0.481 e. The van der Waals surface area contributed by atoms with E-state index in [0.29, 0.717) is 17.7 Å². The van der Waals surface area contributed by atoms with Crippen molar-refractivity contribution in [2.75, 3.05) is 18.5 Å². The number of carbonyl (C=O) groups excluding carboxylic acids is 2. The van der Waals surface area contributed by atoms with Crippen LogP contribution in [0.3, 0.4) is 0 Å². The average Bonchev–Trinajstić information content (AvgIpc) is 3.19. The number of nitrogens with one attached hydrogen (secondary N) is 2. The highest BCUT2D eigenvalue weighted by molar-refractivity contribution is 5.96. The first-order chi connectivity index (χ1) is 16.8. The zero-order valence-electron chi connectivity index (χ0n) is 19.7. The lowest BCUT2D eigenvalue weighted by atomic mass is 9.87. The minimum absolute atomic E-state index is 0.00169. The Morgan fingerprint density at radius 3 is 2.17 bits per heavy atom. The molecule has 0 bridgehead atoms. The first-order valence-electron chi connectivity index (χ1n) is 11.6. The molecular weight excluding hydrogens is 444 g/mol. The van der Waals surface area contributed by atoms with E-state index < -0.39 is 23.4 Å². The topological polar surface area (TPSA) is 105 Å². The fraction of sp³-hybridized carbons (Fsp3) is 0.250. The summed E-state index contributed by atoms with van der Waals surface area (Å²) in [5, 5.41) is 14.7. The smallest absolute Gasteiger partial charge is 0.411 e. The van der Waals surface area contributed by atoms with Crippen LogP contribution in [0.25, 0.3) is 11.1 Å². The molecule has 0 fully saturated rings. The molecule has 7 nitrogen and oxygen atoms in total. The van der Waals surface area contributed by atoms with E-state index in [1.54, 1.807) is 32.0 Å². The van der Waals surface area contributed by atoms with E-state index in [0.717, 1.165) is 22.3 Å². The first-order valence-corrected chi connectivity index (χ1v) is 11.6. The van der Waals surface area contributed by atoms with Crippen molar-refractivity contribution in [3.63, 3.8) is 0 Å². The van der Waals surface area contributed by atoms with Crippen LogP contribution in [0.2, 0.25) is 0 Å². The number of benzene rings is 3. The van der Waals surface area contributed by atoms with E-state index in [2.05, 4.69) is 34.9 Å². The Morgan fingerprint density at radius 1 is 0.943 bits per heavy atom. The lowest BCUT2D eigenvalue weighted by molar-refractivity contribution is -0.147. The number of hydrogen-bond donors (Lipinski definition) is 3. The lowest BCUT2D eigenvalue weighted by Crippen LogP contribution is -2.40. The molecule has 1 aliphatic rings. The maximum absolute atomic E-state index is 12.6. The predicted octanol–water partition coefficient (Wildman–Crippen LogP) is 5.28. The molecule has 1 atom stereocenters. The van der Waals surface area contributed by atoms with E-state index in [4.69, 9.17) is 4.74 Å². The summed E-state index contributed by atoms with van der Waals surface area (Å²) < 4.78 is 5.56. The Bertz CT molecular complexity index is 1230. The van der Waals surface area contributed by atoms with E-state index in [9.17, 15) is 19.5 Å². The second-order valence-corrected chi connectivity index (χ2v) is 8.93. The van der Waals surface area contributed by atoms with Crippen molar-refractivity contribution in [2.45, 2.75) is 26.2 Å². The zero-order valence-corrected chi connectivity index (χ0v) is 19.7. The van der Waals surface area contributed by atoms with Crippen LogP contribution in [-0.2, 0) is 9.53 Å². The van der Waals surface area contributed by atoms with Crippen molar-refractivity contribution in [1.82, 2.24) is 5.32 Å². The molecule has 0 radical (unpaired) electrons. The summed E-state index contributed by atoms with van der Waals surface area (Å²) >= 11 is 0. The van der Waals surface area contributed by atoms with E-state index in [1.807, 2.05) is 24.3 Å². The third-order valence-corrected chi connectivity index (χ3v) is 6.65. The van der Waals surface area contributed by atoms with Gasteiger partial charge in [0.1, 0.15) is 6.61 Å². The fourth-order valence-electron chi connectivity index (χ4n) is 4.22. The number of rotatable bonds is 8. The van der Waals surface area contributed by atoms with Crippen LogP contribution in [0.15, 0.2) is 72.8 Å². The standard InChI is InChI=1S/C28H28N2O5/c1-3-28(2,26(32)33)17-29-25(31)18-9-8-10-19(15-18)30-27(34)35-16-24-22-13-6-4-11-20(22)21-12-5-7-14-23(21)24/h4-15,24H,3,16-17H2,1-2H3,(H,29,31)(H,30,34)(H,32,33). The molecule has 4 rings (SSSR count). The van der Waals surface area contributed by atoms with Crippen molar-refractivity contribution in [3.8, 4) is 11.1 Å². The number of anilines is 1. The highest BCUT2D eigenvalue weighted by Gasteiger charge is 2.32. The third-order valence-electron chi connectivity index (χ3n) is 6.65. The highest BCUT2D eigenvalue weighted by Crippen LogP contribution is 2.44. The molecule has 0 heterocycles. The molecule has 180 valence electrons. The van der Waals surface area contributed by atoms with Crippen LogP contribution in [0, 0.1) is 5.41 Å². The van der Waals surface area contributed by atoms with Gasteiger partial charge in [-0.3, -0.25) is 14.9 Å². The van der Waals surface area contributed by atoms with Crippen molar-refractivity contribution < 1.29 is 24.2 Å². The number of fused-ring (bicyclic) bond motifs is 3. The van der Waals surface area contributed by atoms with Gasteiger partial charge in [-0.2, -0.15) is 0 Å². The molecule has 0 saturated carbocycles. The molecule has 3 N–H and O–H groups in total. The van der Waals surface area contributed by atoms with Crippen LogP contribution in [0.5, 0.6) is 0 Å². The number of carboxylic acid groups (broad SMARTS) is 1. The Balaban J connectivity index is 1.38. The van der Waals surface area contributed by atoms with E-state index in [1.165, 1.54) is 6.07 Å². The third kappa shape index (κ3) is 5.04. The highest BCUT2D eigenvalue weighted by atomic mass is 16.5. The van der Waals surface area contributed by atoms with Gasteiger partial charge in [0.25, 0.3) is 5.91 Å². The summed E-state index contributed by atoms with van der Waals surface area (Å²) in [6.07, 6.45) is -0.236. The second kappa shape index (κ2) is 10.0. The molecule has 3 aromatic rings. The van der Waals surface area contributed by atoms with Gasteiger partial charge in [0.15, 0.2) is 0 Å². The molecule has 7 heteroatoms. The minimum Gasteiger partial charge on any atom is -0.481 e. The lowest BCUT2D eigenvalue weighted by Gasteiger charge is -2.23. The monoisotopic (exact) mass is 472 g/mol. The molecule has 1 aliphatic carbocycles. The Kier molecular flexibility index (Phi) is 6.87. The molecule has 2 amide bonds. The van der Waals surface area contributed by atoms with Gasteiger partial charge in [-0.05, 0) is 53.8 Å². The summed E-state index contributed by atoms with van der Waals surface area (Å²) in [6, 6.07) is 22.6.